The summed E-state index contributed by atoms with van der Waals surface area (Å²) in [4.78, 5) is 5.44. The second-order valence-electron chi connectivity index (χ2n) is 8.67. The molecule has 31 heavy (non-hydrogen) atoms. The molecule has 1 N–H and O–H groups in total. The number of piperidine rings is 1. The van der Waals surface area contributed by atoms with E-state index in [1.165, 1.54) is 15.3 Å². The number of likely N-dealkylation sites (tertiary alicyclic amines) is 1. The predicted molar refractivity (Wildman–Crippen MR) is 118 cm³/mol. The van der Waals surface area contributed by atoms with Gasteiger partial charge in [0.2, 0.25) is 0 Å². The summed E-state index contributed by atoms with van der Waals surface area (Å²) in [6.45, 7) is 6.19. The highest BCUT2D eigenvalue weighted by molar-refractivity contribution is 7.12. The molecule has 0 saturated carbocycles. The Kier molecular flexibility index (Phi) is 5.68. The van der Waals surface area contributed by atoms with Crippen molar-refractivity contribution in [2.45, 2.75) is 57.4 Å². The van der Waals surface area contributed by atoms with Crippen molar-refractivity contribution in [3.05, 3.63) is 51.2 Å². The summed E-state index contributed by atoms with van der Waals surface area (Å²) in [5, 5.41) is 23.0. The van der Waals surface area contributed by atoms with Crippen LogP contribution in [0.1, 0.15) is 52.4 Å². The summed E-state index contributed by atoms with van der Waals surface area (Å²) < 4.78 is 9.80. The minimum Gasteiger partial charge on any atom is -0.386 e. The lowest BCUT2D eigenvalue weighted by atomic mass is 9.82. The Morgan fingerprint density at radius 1 is 1.29 bits per heavy atom. The first kappa shape index (κ1) is 20.8. The molecule has 3 aromatic heterocycles. The van der Waals surface area contributed by atoms with Gasteiger partial charge in [-0.25, -0.2) is 4.68 Å². The average molecular weight is 443 g/mol. The van der Waals surface area contributed by atoms with Crippen LogP contribution in [0.5, 0.6) is 0 Å². The predicted octanol–water partition coefficient (Wildman–Crippen LogP) is 2.43. The molecule has 1 fully saturated rings. The van der Waals surface area contributed by atoms with Gasteiger partial charge in [0.15, 0.2) is 0 Å². The topological polar surface area (TPSA) is 81.2 Å². The van der Waals surface area contributed by atoms with Crippen LogP contribution >= 0.6 is 11.3 Å². The van der Waals surface area contributed by atoms with Crippen LogP contribution in [0.3, 0.4) is 0 Å². The summed E-state index contributed by atoms with van der Waals surface area (Å²) >= 11 is 1.97. The molecule has 0 bridgehead atoms. The Bertz CT molecular complexity index is 1030. The zero-order chi connectivity index (χ0) is 21.4. The molecule has 9 heteroatoms. The molecule has 3 aromatic rings. The molecule has 0 aromatic carbocycles. The monoisotopic (exact) mass is 442 g/mol. The number of aliphatic hydroxyl groups excluding tert-OH is 1. The van der Waals surface area contributed by atoms with E-state index < -0.39 is 6.10 Å². The minimum absolute atomic E-state index is 0.0978. The maximum Gasteiger partial charge on any atom is 0.102 e. The Morgan fingerprint density at radius 2 is 2.13 bits per heavy atom. The number of rotatable bonds is 6. The van der Waals surface area contributed by atoms with Crippen molar-refractivity contribution in [2.24, 2.45) is 7.05 Å². The third kappa shape index (κ3) is 4.19. The largest absolute Gasteiger partial charge is 0.386 e. The van der Waals surface area contributed by atoms with E-state index in [0.717, 1.165) is 63.2 Å². The molecule has 1 unspecified atom stereocenters. The number of nitrogens with zero attached hydrogens (tertiary/aromatic N) is 6. The Hall–Kier alpha value is -2.07. The number of fused-ring (bicyclic) bond motifs is 2. The summed E-state index contributed by atoms with van der Waals surface area (Å²) in [5.74, 6) is 0. The number of hydrogen-bond donors (Lipinski definition) is 1. The van der Waals surface area contributed by atoms with E-state index >= 15 is 0 Å². The van der Waals surface area contributed by atoms with Gasteiger partial charge in [0, 0.05) is 60.8 Å². The maximum absolute atomic E-state index is 10.4. The SMILES string of the molecule is CCc1cc2c(s1)CCOC21CCN(Cc2cn(CC(O)c3cnn(C)c3)nn2)CC1. The number of aliphatic hydroxyl groups is 1. The van der Waals surface area contributed by atoms with Gasteiger partial charge in [-0.15, -0.1) is 16.4 Å². The first-order chi connectivity index (χ1) is 15.0. The molecule has 2 aliphatic heterocycles. The standard InChI is InChI=1S/C22H30N6O2S/c1-3-18-10-19-21(31-18)4-9-30-22(19)5-7-27(8-6-22)13-17-14-28(25-24-17)15-20(29)16-11-23-26(2)12-16/h10-12,14,20,29H,3-9,13,15H2,1-2H3. The van der Waals surface area contributed by atoms with Crippen molar-refractivity contribution in [1.82, 2.24) is 29.7 Å². The van der Waals surface area contributed by atoms with Gasteiger partial charge in [0.05, 0.1) is 30.6 Å². The van der Waals surface area contributed by atoms with E-state index in [4.69, 9.17) is 4.74 Å². The molecule has 1 spiro atoms. The van der Waals surface area contributed by atoms with Crippen molar-refractivity contribution < 1.29 is 9.84 Å². The number of aryl methyl sites for hydroxylation is 2. The van der Waals surface area contributed by atoms with Gasteiger partial charge in [-0.1, -0.05) is 12.1 Å². The van der Waals surface area contributed by atoms with E-state index in [1.54, 1.807) is 15.6 Å². The van der Waals surface area contributed by atoms with E-state index in [0.29, 0.717) is 6.54 Å². The van der Waals surface area contributed by atoms with Gasteiger partial charge in [-0.3, -0.25) is 9.58 Å². The molecule has 5 heterocycles. The lowest BCUT2D eigenvalue weighted by molar-refractivity contribution is -0.0982. The molecule has 0 amide bonds. The summed E-state index contributed by atoms with van der Waals surface area (Å²) in [6.07, 6.45) is 9.00. The molecule has 5 rings (SSSR count). The molecular weight excluding hydrogens is 412 g/mol. The number of hydrogen-bond acceptors (Lipinski definition) is 7. The zero-order valence-electron chi connectivity index (χ0n) is 18.2. The first-order valence-electron chi connectivity index (χ1n) is 11.1. The van der Waals surface area contributed by atoms with Gasteiger partial charge in [-0.05, 0) is 30.9 Å². The van der Waals surface area contributed by atoms with Gasteiger partial charge < -0.3 is 9.84 Å². The summed E-state index contributed by atoms with van der Waals surface area (Å²) in [6, 6.07) is 2.40. The zero-order valence-corrected chi connectivity index (χ0v) is 19.0. The Balaban J connectivity index is 1.19. The molecule has 0 radical (unpaired) electrons. The Morgan fingerprint density at radius 3 is 2.87 bits per heavy atom. The van der Waals surface area contributed by atoms with Crippen LogP contribution in [0.2, 0.25) is 0 Å². The molecule has 8 nitrogen and oxygen atoms in total. The van der Waals surface area contributed by atoms with Gasteiger partial charge >= 0.3 is 0 Å². The highest BCUT2D eigenvalue weighted by Gasteiger charge is 2.41. The fraction of sp³-hybridized carbons (Fsp3) is 0.591. The normalized spacial score (nSPS) is 19.6. The van der Waals surface area contributed by atoms with Gasteiger partial charge in [0.1, 0.15) is 6.10 Å². The first-order valence-corrected chi connectivity index (χ1v) is 11.9. The van der Waals surface area contributed by atoms with Gasteiger partial charge in [0.25, 0.3) is 0 Å². The minimum atomic E-state index is -0.644. The van der Waals surface area contributed by atoms with Crippen molar-refractivity contribution in [1.29, 1.82) is 0 Å². The van der Waals surface area contributed by atoms with Crippen molar-refractivity contribution in [3.8, 4) is 0 Å². The number of ether oxygens (including phenoxy) is 1. The van der Waals surface area contributed by atoms with Crippen LogP contribution in [0.4, 0.5) is 0 Å². The molecule has 1 atom stereocenters. The van der Waals surface area contributed by atoms with Crippen LogP contribution in [0.25, 0.3) is 0 Å². The van der Waals surface area contributed by atoms with E-state index in [-0.39, 0.29) is 5.60 Å². The third-order valence-corrected chi connectivity index (χ3v) is 7.85. The van der Waals surface area contributed by atoms with E-state index in [2.05, 4.69) is 33.3 Å². The fourth-order valence-corrected chi connectivity index (χ4v) is 5.93. The van der Waals surface area contributed by atoms with Crippen LogP contribution < -0.4 is 0 Å². The van der Waals surface area contributed by atoms with Crippen molar-refractivity contribution in [2.75, 3.05) is 19.7 Å². The highest BCUT2D eigenvalue weighted by Crippen LogP contribution is 2.44. The van der Waals surface area contributed by atoms with Crippen molar-refractivity contribution in [3.63, 3.8) is 0 Å². The fourth-order valence-electron chi connectivity index (χ4n) is 4.76. The van der Waals surface area contributed by atoms with Crippen LogP contribution in [0, 0.1) is 0 Å². The summed E-state index contributed by atoms with van der Waals surface area (Å²) in [5.41, 5.74) is 3.07. The van der Waals surface area contributed by atoms with Crippen LogP contribution in [-0.2, 0) is 43.3 Å². The van der Waals surface area contributed by atoms with Crippen molar-refractivity contribution >= 4 is 11.3 Å². The number of thiophene rings is 1. The molecular formula is C22H30N6O2S. The molecule has 0 aliphatic carbocycles. The molecule has 1 saturated heterocycles. The maximum atomic E-state index is 10.4. The second-order valence-corrected chi connectivity index (χ2v) is 9.89. The molecule has 166 valence electrons. The smallest absolute Gasteiger partial charge is 0.102 e. The van der Waals surface area contributed by atoms with E-state index in [1.807, 2.05) is 30.8 Å². The average Bonchev–Trinajstić information content (AvgIpc) is 3.50. The van der Waals surface area contributed by atoms with Crippen LogP contribution in [-0.4, -0.2) is 54.5 Å². The lowest BCUT2D eigenvalue weighted by Crippen LogP contribution is -2.45. The quantitative estimate of drug-likeness (QED) is 0.632. The highest BCUT2D eigenvalue weighted by atomic mass is 32.1. The Labute approximate surface area is 186 Å². The lowest BCUT2D eigenvalue weighted by Gasteiger charge is -2.44. The van der Waals surface area contributed by atoms with E-state index in [9.17, 15) is 5.11 Å². The summed E-state index contributed by atoms with van der Waals surface area (Å²) in [7, 11) is 1.84. The molecule has 2 aliphatic rings. The van der Waals surface area contributed by atoms with Gasteiger partial charge in [-0.2, -0.15) is 5.10 Å². The number of aromatic nitrogens is 5. The second kappa shape index (κ2) is 8.46. The third-order valence-electron chi connectivity index (χ3n) is 6.51. The van der Waals surface area contributed by atoms with Crippen LogP contribution in [0.15, 0.2) is 24.7 Å².